The van der Waals surface area contributed by atoms with Crippen molar-refractivity contribution in [2.24, 2.45) is 0 Å². The molecular weight excluding hydrogens is 227 g/mol. The Morgan fingerprint density at radius 2 is 1.78 bits per heavy atom. The summed E-state index contributed by atoms with van der Waals surface area (Å²) < 4.78 is 13.2. The van der Waals surface area contributed by atoms with E-state index >= 15 is 0 Å². The Hall–Kier alpha value is -0.930. The number of nitrogens with one attached hydrogen (secondary N) is 2. The maximum Gasteiger partial charge on any atom is 0.123 e. The number of likely N-dealkylation sites (N-methyl/N-ethyl adjacent to an activating group) is 1. The van der Waals surface area contributed by atoms with E-state index in [0.29, 0.717) is 0 Å². The largest absolute Gasteiger partial charge is 0.314 e. The van der Waals surface area contributed by atoms with Crippen LogP contribution in [-0.4, -0.2) is 25.7 Å². The molecular formula is C15H25FN2. The average molecular weight is 252 g/mol. The third-order valence-corrected chi connectivity index (χ3v) is 3.42. The van der Waals surface area contributed by atoms with Crippen LogP contribution in [0.2, 0.25) is 0 Å². The fourth-order valence-corrected chi connectivity index (χ4v) is 1.79. The molecule has 18 heavy (non-hydrogen) atoms. The normalized spacial score (nSPS) is 12.8. The van der Waals surface area contributed by atoms with Gasteiger partial charge in [0.25, 0.3) is 0 Å². The van der Waals surface area contributed by atoms with Gasteiger partial charge in [0.2, 0.25) is 0 Å². The van der Waals surface area contributed by atoms with E-state index in [1.165, 1.54) is 6.07 Å². The average Bonchev–Trinajstić information content (AvgIpc) is 2.28. The molecule has 0 heterocycles. The van der Waals surface area contributed by atoms with E-state index in [-0.39, 0.29) is 16.8 Å². The maximum atomic E-state index is 13.2. The molecule has 0 saturated carbocycles. The third kappa shape index (κ3) is 4.39. The summed E-state index contributed by atoms with van der Waals surface area (Å²) in [6.07, 6.45) is 0. The van der Waals surface area contributed by atoms with E-state index in [1.54, 1.807) is 12.1 Å². The van der Waals surface area contributed by atoms with Crippen molar-refractivity contribution in [2.45, 2.75) is 38.6 Å². The van der Waals surface area contributed by atoms with Crippen LogP contribution in [0.3, 0.4) is 0 Å². The molecule has 0 spiro atoms. The highest BCUT2D eigenvalue weighted by atomic mass is 19.1. The van der Waals surface area contributed by atoms with E-state index in [9.17, 15) is 4.39 Å². The van der Waals surface area contributed by atoms with Crippen LogP contribution in [0.5, 0.6) is 0 Å². The monoisotopic (exact) mass is 252 g/mol. The third-order valence-electron chi connectivity index (χ3n) is 3.42. The second kappa shape index (κ2) is 5.81. The predicted octanol–water partition coefficient (Wildman–Crippen LogP) is 2.69. The second-order valence-electron chi connectivity index (χ2n) is 6.13. The van der Waals surface area contributed by atoms with Crippen LogP contribution in [0.1, 0.15) is 33.3 Å². The van der Waals surface area contributed by atoms with Gasteiger partial charge >= 0.3 is 0 Å². The predicted molar refractivity (Wildman–Crippen MR) is 75.4 cm³/mol. The molecule has 2 N–H and O–H groups in total. The van der Waals surface area contributed by atoms with Crippen molar-refractivity contribution in [3.8, 4) is 0 Å². The van der Waals surface area contributed by atoms with Gasteiger partial charge in [0, 0.05) is 24.0 Å². The Kier molecular flexibility index (Phi) is 4.88. The van der Waals surface area contributed by atoms with Crippen molar-refractivity contribution >= 4 is 0 Å². The lowest BCUT2D eigenvalue weighted by molar-refractivity contribution is 0.367. The minimum Gasteiger partial charge on any atom is -0.314 e. The Morgan fingerprint density at radius 3 is 2.33 bits per heavy atom. The van der Waals surface area contributed by atoms with E-state index in [1.807, 2.05) is 13.1 Å². The van der Waals surface area contributed by atoms with Crippen LogP contribution in [0.4, 0.5) is 4.39 Å². The molecule has 1 rings (SSSR count). The molecule has 0 unspecified atom stereocenters. The molecule has 3 heteroatoms. The molecule has 102 valence electrons. The van der Waals surface area contributed by atoms with Crippen LogP contribution in [0, 0.1) is 5.82 Å². The van der Waals surface area contributed by atoms with Crippen molar-refractivity contribution in [3.63, 3.8) is 0 Å². The van der Waals surface area contributed by atoms with Crippen LogP contribution in [-0.2, 0) is 5.41 Å². The minimum atomic E-state index is -0.170. The van der Waals surface area contributed by atoms with Crippen molar-refractivity contribution < 1.29 is 4.39 Å². The molecule has 0 radical (unpaired) electrons. The van der Waals surface area contributed by atoms with Gasteiger partial charge in [-0.2, -0.15) is 0 Å². The summed E-state index contributed by atoms with van der Waals surface area (Å²) in [6, 6.07) is 6.85. The van der Waals surface area contributed by atoms with Gasteiger partial charge in [0.05, 0.1) is 0 Å². The summed E-state index contributed by atoms with van der Waals surface area (Å²) in [5, 5.41) is 6.70. The summed E-state index contributed by atoms with van der Waals surface area (Å²) in [6.45, 7) is 10.2. The van der Waals surface area contributed by atoms with E-state index < -0.39 is 0 Å². The quantitative estimate of drug-likeness (QED) is 0.813. The van der Waals surface area contributed by atoms with Gasteiger partial charge < -0.3 is 10.6 Å². The molecule has 0 bridgehead atoms. The lowest BCUT2D eigenvalue weighted by Gasteiger charge is -2.30. The Morgan fingerprint density at radius 1 is 1.11 bits per heavy atom. The molecule has 0 fully saturated rings. The summed E-state index contributed by atoms with van der Waals surface area (Å²) >= 11 is 0. The van der Waals surface area contributed by atoms with E-state index in [2.05, 4.69) is 38.3 Å². The topological polar surface area (TPSA) is 24.1 Å². The zero-order chi connectivity index (χ0) is 13.8. The molecule has 1 aromatic carbocycles. The molecule has 0 aliphatic heterocycles. The fourth-order valence-electron chi connectivity index (χ4n) is 1.79. The molecule has 0 atom stereocenters. The second-order valence-corrected chi connectivity index (χ2v) is 6.13. The highest BCUT2D eigenvalue weighted by Gasteiger charge is 2.22. The lowest BCUT2D eigenvalue weighted by atomic mass is 9.84. The van der Waals surface area contributed by atoms with Gasteiger partial charge in [-0.05, 0) is 38.6 Å². The van der Waals surface area contributed by atoms with Crippen LogP contribution in [0.15, 0.2) is 24.3 Å². The van der Waals surface area contributed by atoms with Crippen molar-refractivity contribution in [3.05, 3.63) is 35.6 Å². The van der Waals surface area contributed by atoms with E-state index in [4.69, 9.17) is 0 Å². The molecule has 0 aliphatic rings. The molecule has 1 aromatic rings. The first kappa shape index (κ1) is 15.1. The van der Waals surface area contributed by atoms with Crippen LogP contribution in [0.25, 0.3) is 0 Å². The first-order valence-corrected chi connectivity index (χ1v) is 6.42. The van der Waals surface area contributed by atoms with Gasteiger partial charge in [-0.3, -0.25) is 0 Å². The highest BCUT2D eigenvalue weighted by Crippen LogP contribution is 2.22. The van der Waals surface area contributed by atoms with Gasteiger partial charge in [0.15, 0.2) is 0 Å². The molecule has 0 amide bonds. The standard InChI is InChI=1S/C15H25FN2/c1-14(2,10-18-11-15(3,4)17-5)12-7-6-8-13(16)9-12/h6-9,17-18H,10-11H2,1-5H3. The van der Waals surface area contributed by atoms with E-state index in [0.717, 1.165) is 18.7 Å². The van der Waals surface area contributed by atoms with Gasteiger partial charge in [-0.15, -0.1) is 0 Å². The maximum absolute atomic E-state index is 13.2. The van der Waals surface area contributed by atoms with Gasteiger partial charge in [0.1, 0.15) is 5.82 Å². The molecule has 0 aliphatic carbocycles. The minimum absolute atomic E-state index is 0.0675. The van der Waals surface area contributed by atoms with Crippen molar-refractivity contribution in [1.29, 1.82) is 0 Å². The first-order valence-electron chi connectivity index (χ1n) is 6.42. The molecule has 2 nitrogen and oxygen atoms in total. The molecule has 0 aromatic heterocycles. The summed E-state index contributed by atoms with van der Waals surface area (Å²) in [7, 11) is 1.96. The van der Waals surface area contributed by atoms with Gasteiger partial charge in [-0.1, -0.05) is 26.0 Å². The van der Waals surface area contributed by atoms with Crippen LogP contribution >= 0.6 is 0 Å². The number of benzene rings is 1. The smallest absolute Gasteiger partial charge is 0.123 e. The SMILES string of the molecule is CNC(C)(C)CNCC(C)(C)c1cccc(F)c1. The first-order chi connectivity index (χ1) is 8.27. The Labute approximate surface area is 110 Å². The number of hydrogen-bond donors (Lipinski definition) is 2. The Bertz CT molecular complexity index is 386. The molecule has 0 saturated heterocycles. The zero-order valence-electron chi connectivity index (χ0n) is 12.1. The number of hydrogen-bond acceptors (Lipinski definition) is 2. The van der Waals surface area contributed by atoms with Crippen molar-refractivity contribution in [2.75, 3.05) is 20.1 Å². The summed E-state index contributed by atoms with van der Waals surface area (Å²) in [4.78, 5) is 0. The van der Waals surface area contributed by atoms with Gasteiger partial charge in [-0.25, -0.2) is 4.39 Å². The zero-order valence-corrected chi connectivity index (χ0v) is 12.1. The highest BCUT2D eigenvalue weighted by molar-refractivity contribution is 5.24. The fraction of sp³-hybridized carbons (Fsp3) is 0.600. The Balaban J connectivity index is 2.60. The van der Waals surface area contributed by atoms with Crippen molar-refractivity contribution in [1.82, 2.24) is 10.6 Å². The lowest BCUT2D eigenvalue weighted by Crippen LogP contribution is -2.48. The number of rotatable bonds is 6. The summed E-state index contributed by atoms with van der Waals surface area (Å²) in [5.74, 6) is -0.170. The number of halogens is 1. The summed E-state index contributed by atoms with van der Waals surface area (Å²) in [5.41, 5.74) is 1.02. The van der Waals surface area contributed by atoms with Crippen LogP contribution < -0.4 is 10.6 Å².